The lowest BCUT2D eigenvalue weighted by molar-refractivity contribution is -0.147. The molecule has 0 spiro atoms. The molecule has 6 nitrogen and oxygen atoms in total. The van der Waals surface area contributed by atoms with E-state index in [-0.39, 0.29) is 12.5 Å². The maximum absolute atomic E-state index is 12.5. The number of carbonyl (C=O) groups is 3. The minimum absolute atomic E-state index is 0.215. The van der Waals surface area contributed by atoms with Crippen LogP contribution < -0.4 is 4.90 Å². The summed E-state index contributed by atoms with van der Waals surface area (Å²) in [4.78, 5) is 41.9. The Bertz CT molecular complexity index is 626. The molecule has 3 atom stereocenters. The maximum atomic E-state index is 12.5. The third-order valence-electron chi connectivity index (χ3n) is 3.69. The molecule has 2 amide bonds. The van der Waals surface area contributed by atoms with Gasteiger partial charge in [-0.05, 0) is 19.1 Å². The van der Waals surface area contributed by atoms with E-state index in [2.05, 4.69) is 4.99 Å². The van der Waals surface area contributed by atoms with Crippen molar-refractivity contribution in [3.05, 3.63) is 30.3 Å². The summed E-state index contributed by atoms with van der Waals surface area (Å²) in [5.41, 5.74) is 0.512. The second-order valence-electron chi connectivity index (χ2n) is 4.89. The average molecular weight is 286 g/mol. The van der Waals surface area contributed by atoms with Gasteiger partial charge in [0.25, 0.3) is 0 Å². The normalized spacial score (nSPS) is 27.1. The highest BCUT2D eigenvalue weighted by Gasteiger charge is 2.56. The Labute approximate surface area is 121 Å². The molecule has 21 heavy (non-hydrogen) atoms. The first kappa shape index (κ1) is 13.5. The van der Waals surface area contributed by atoms with Crippen LogP contribution in [0.5, 0.6) is 0 Å². The summed E-state index contributed by atoms with van der Waals surface area (Å²) in [5.74, 6) is -2.75. The Morgan fingerprint density at radius 1 is 1.24 bits per heavy atom. The fourth-order valence-corrected chi connectivity index (χ4v) is 2.75. The first-order valence-corrected chi connectivity index (χ1v) is 6.78. The summed E-state index contributed by atoms with van der Waals surface area (Å²) in [7, 11) is 0. The topological polar surface area (TPSA) is 76.0 Å². The van der Waals surface area contributed by atoms with Crippen LogP contribution in [0, 0.1) is 11.8 Å². The number of esters is 1. The number of nitrogens with zero attached hydrogens (tertiary/aromatic N) is 2. The van der Waals surface area contributed by atoms with Crippen LogP contribution in [0.3, 0.4) is 0 Å². The molecule has 0 saturated carbocycles. The van der Waals surface area contributed by atoms with Gasteiger partial charge in [0.2, 0.25) is 11.8 Å². The number of ether oxygens (including phenoxy) is 1. The van der Waals surface area contributed by atoms with Crippen molar-refractivity contribution in [1.82, 2.24) is 0 Å². The number of para-hydroxylation sites is 1. The van der Waals surface area contributed by atoms with Crippen molar-refractivity contribution in [3.8, 4) is 0 Å². The van der Waals surface area contributed by atoms with E-state index in [9.17, 15) is 14.4 Å². The summed E-state index contributed by atoms with van der Waals surface area (Å²) >= 11 is 0. The van der Waals surface area contributed by atoms with Crippen molar-refractivity contribution in [2.24, 2.45) is 16.8 Å². The molecule has 1 aromatic rings. The van der Waals surface area contributed by atoms with Crippen LogP contribution in [0.4, 0.5) is 5.69 Å². The highest BCUT2D eigenvalue weighted by atomic mass is 16.5. The molecule has 0 unspecified atom stereocenters. The molecular weight excluding hydrogens is 272 g/mol. The predicted molar refractivity (Wildman–Crippen MR) is 74.8 cm³/mol. The molecule has 108 valence electrons. The molecule has 0 N–H and O–H groups in total. The van der Waals surface area contributed by atoms with Crippen LogP contribution in [0.1, 0.15) is 6.92 Å². The molecule has 1 saturated heterocycles. The van der Waals surface area contributed by atoms with Crippen LogP contribution in [0.25, 0.3) is 0 Å². The van der Waals surface area contributed by atoms with Crippen LogP contribution in [0.15, 0.2) is 35.3 Å². The van der Waals surface area contributed by atoms with Crippen molar-refractivity contribution >= 4 is 29.7 Å². The van der Waals surface area contributed by atoms with Gasteiger partial charge >= 0.3 is 5.97 Å². The number of imide groups is 1. The second kappa shape index (κ2) is 5.12. The van der Waals surface area contributed by atoms with Crippen LogP contribution in [-0.2, 0) is 19.1 Å². The van der Waals surface area contributed by atoms with Crippen molar-refractivity contribution in [1.29, 1.82) is 0 Å². The molecule has 2 aliphatic heterocycles. The van der Waals surface area contributed by atoms with E-state index < -0.39 is 29.8 Å². The lowest BCUT2D eigenvalue weighted by atomic mass is 9.92. The van der Waals surface area contributed by atoms with Gasteiger partial charge in [-0.3, -0.25) is 14.6 Å². The SMILES string of the molecule is CCOC(=O)[C@H]1N=C[C@H]2C(=O)N(c3ccccc3)C(=O)[C@@H]12. The van der Waals surface area contributed by atoms with Gasteiger partial charge in [0, 0.05) is 6.21 Å². The Morgan fingerprint density at radius 3 is 2.62 bits per heavy atom. The molecule has 0 aliphatic carbocycles. The first-order valence-electron chi connectivity index (χ1n) is 6.78. The van der Waals surface area contributed by atoms with E-state index in [0.717, 1.165) is 4.90 Å². The molecule has 2 heterocycles. The van der Waals surface area contributed by atoms with Gasteiger partial charge in [-0.15, -0.1) is 0 Å². The maximum Gasteiger partial charge on any atom is 0.331 e. The third kappa shape index (κ3) is 2.03. The van der Waals surface area contributed by atoms with Crippen molar-refractivity contribution in [2.75, 3.05) is 11.5 Å². The minimum atomic E-state index is -0.917. The van der Waals surface area contributed by atoms with E-state index >= 15 is 0 Å². The number of aliphatic imine (C=N–C) groups is 1. The summed E-state index contributed by atoms with van der Waals surface area (Å²) < 4.78 is 4.92. The van der Waals surface area contributed by atoms with Gasteiger partial charge in [0.15, 0.2) is 6.04 Å². The number of hydrogen-bond acceptors (Lipinski definition) is 5. The zero-order valence-electron chi connectivity index (χ0n) is 11.4. The molecule has 1 fully saturated rings. The number of rotatable bonds is 3. The molecule has 0 radical (unpaired) electrons. The molecular formula is C15H14N2O4. The van der Waals surface area contributed by atoms with Gasteiger partial charge in [0.1, 0.15) is 0 Å². The number of amides is 2. The Morgan fingerprint density at radius 2 is 1.95 bits per heavy atom. The number of hydrogen-bond donors (Lipinski definition) is 0. The van der Waals surface area contributed by atoms with Gasteiger partial charge in [-0.1, -0.05) is 18.2 Å². The van der Waals surface area contributed by atoms with E-state index in [0.29, 0.717) is 5.69 Å². The summed E-state index contributed by atoms with van der Waals surface area (Å²) in [6.07, 6.45) is 1.40. The fraction of sp³-hybridized carbons (Fsp3) is 0.333. The summed E-state index contributed by atoms with van der Waals surface area (Å²) in [6.45, 7) is 1.90. The zero-order valence-corrected chi connectivity index (χ0v) is 11.4. The molecule has 0 aromatic heterocycles. The lowest BCUT2D eigenvalue weighted by Crippen LogP contribution is -2.36. The zero-order chi connectivity index (χ0) is 15.0. The fourth-order valence-electron chi connectivity index (χ4n) is 2.75. The number of benzene rings is 1. The Balaban J connectivity index is 1.91. The monoisotopic (exact) mass is 286 g/mol. The van der Waals surface area contributed by atoms with Crippen molar-refractivity contribution in [3.63, 3.8) is 0 Å². The van der Waals surface area contributed by atoms with E-state index in [1.807, 2.05) is 0 Å². The average Bonchev–Trinajstić information content (AvgIpc) is 3.02. The minimum Gasteiger partial charge on any atom is -0.464 e. The van der Waals surface area contributed by atoms with Gasteiger partial charge in [0.05, 0.1) is 24.1 Å². The van der Waals surface area contributed by atoms with Gasteiger partial charge < -0.3 is 4.74 Å². The number of anilines is 1. The molecule has 2 aliphatic rings. The van der Waals surface area contributed by atoms with Crippen LogP contribution in [-0.4, -0.2) is 36.6 Å². The van der Waals surface area contributed by atoms with Crippen LogP contribution >= 0.6 is 0 Å². The predicted octanol–water partition coefficient (Wildman–Crippen LogP) is 0.808. The molecule has 3 rings (SSSR count). The first-order chi connectivity index (χ1) is 10.1. The second-order valence-corrected chi connectivity index (χ2v) is 4.89. The largest absolute Gasteiger partial charge is 0.464 e. The summed E-state index contributed by atoms with van der Waals surface area (Å²) in [6, 6.07) is 7.76. The van der Waals surface area contributed by atoms with E-state index in [1.54, 1.807) is 37.3 Å². The van der Waals surface area contributed by atoms with Gasteiger partial charge in [-0.25, -0.2) is 9.69 Å². The van der Waals surface area contributed by atoms with E-state index in [1.165, 1.54) is 6.21 Å². The van der Waals surface area contributed by atoms with Crippen molar-refractivity contribution in [2.45, 2.75) is 13.0 Å². The Kier molecular flexibility index (Phi) is 3.29. The molecule has 6 heteroatoms. The standard InChI is InChI=1S/C15H14N2O4/c1-2-21-15(20)12-11-10(8-16-12)13(18)17(14(11)19)9-6-4-3-5-7-9/h3-8,10-12H,2H2,1H3/t10-,11-,12+/m1/s1. The number of fused-ring (bicyclic) bond motifs is 1. The highest BCUT2D eigenvalue weighted by molar-refractivity contribution is 6.27. The highest BCUT2D eigenvalue weighted by Crippen LogP contribution is 2.36. The molecule has 0 bridgehead atoms. The number of carbonyl (C=O) groups excluding carboxylic acids is 3. The summed E-state index contributed by atoms with van der Waals surface area (Å²) in [5, 5.41) is 0. The van der Waals surface area contributed by atoms with Crippen LogP contribution in [0.2, 0.25) is 0 Å². The molecule has 1 aromatic carbocycles. The lowest BCUT2D eigenvalue weighted by Gasteiger charge is -2.17. The quantitative estimate of drug-likeness (QED) is 0.608. The van der Waals surface area contributed by atoms with Gasteiger partial charge in [-0.2, -0.15) is 0 Å². The smallest absolute Gasteiger partial charge is 0.331 e. The van der Waals surface area contributed by atoms with E-state index in [4.69, 9.17) is 4.74 Å². The van der Waals surface area contributed by atoms with Crippen molar-refractivity contribution < 1.29 is 19.1 Å². The third-order valence-corrected chi connectivity index (χ3v) is 3.69. The Hall–Kier alpha value is -2.50.